The number of hydrogen-bond donors (Lipinski definition) is 2. The Balaban J connectivity index is 1.88. The van der Waals surface area contributed by atoms with Crippen LogP contribution in [0.1, 0.15) is 19.3 Å². The number of halogens is 1. The molecule has 116 valence electrons. The van der Waals surface area contributed by atoms with Gasteiger partial charge in [0.15, 0.2) is 5.82 Å². The van der Waals surface area contributed by atoms with E-state index in [9.17, 15) is 5.26 Å². The molecule has 1 aliphatic heterocycles. The van der Waals surface area contributed by atoms with Gasteiger partial charge in [-0.05, 0) is 30.9 Å². The minimum atomic E-state index is 0.399. The first kappa shape index (κ1) is 15.4. The van der Waals surface area contributed by atoms with Crippen LogP contribution in [0.2, 0.25) is 5.02 Å². The normalized spacial score (nSPS) is 20.1. The molecular weight excluding hydrogens is 308 g/mol. The van der Waals surface area contributed by atoms with Crippen molar-refractivity contribution >= 4 is 23.1 Å². The van der Waals surface area contributed by atoms with Crippen LogP contribution in [0.4, 0.5) is 5.69 Å². The van der Waals surface area contributed by atoms with E-state index in [1.165, 1.54) is 0 Å². The Morgan fingerprint density at radius 1 is 1.43 bits per heavy atom. The smallest absolute Gasteiger partial charge is 0.152 e. The van der Waals surface area contributed by atoms with Crippen molar-refractivity contribution in [2.45, 2.75) is 19.3 Å². The molecule has 0 bridgehead atoms. The van der Waals surface area contributed by atoms with Crippen LogP contribution in [0.15, 0.2) is 65.1 Å². The highest BCUT2D eigenvalue weighted by molar-refractivity contribution is 6.33. The summed E-state index contributed by atoms with van der Waals surface area (Å²) in [6.07, 6.45) is 7.47. The van der Waals surface area contributed by atoms with E-state index in [0.29, 0.717) is 28.0 Å². The van der Waals surface area contributed by atoms with Crippen molar-refractivity contribution in [1.29, 1.82) is 5.26 Å². The van der Waals surface area contributed by atoms with Crippen LogP contribution in [0.25, 0.3) is 0 Å². The van der Waals surface area contributed by atoms with Gasteiger partial charge in [0.25, 0.3) is 0 Å². The second-order valence-corrected chi connectivity index (χ2v) is 5.98. The second kappa shape index (κ2) is 6.72. The third-order valence-corrected chi connectivity index (χ3v) is 4.22. The van der Waals surface area contributed by atoms with E-state index in [2.05, 4.69) is 40.4 Å². The average molecular weight is 325 g/mol. The molecule has 0 saturated carbocycles. The van der Waals surface area contributed by atoms with Gasteiger partial charge >= 0.3 is 0 Å². The van der Waals surface area contributed by atoms with Gasteiger partial charge in [-0.1, -0.05) is 42.5 Å². The van der Waals surface area contributed by atoms with Gasteiger partial charge in [-0.25, -0.2) is 4.99 Å². The fourth-order valence-corrected chi connectivity index (χ4v) is 2.89. The zero-order chi connectivity index (χ0) is 16.2. The van der Waals surface area contributed by atoms with Crippen LogP contribution in [-0.2, 0) is 0 Å². The van der Waals surface area contributed by atoms with Crippen LogP contribution in [-0.4, -0.2) is 5.84 Å². The highest BCUT2D eigenvalue weighted by Crippen LogP contribution is 2.27. The van der Waals surface area contributed by atoms with E-state index in [-0.39, 0.29) is 0 Å². The Morgan fingerprint density at radius 2 is 2.26 bits per heavy atom. The number of benzene rings is 1. The van der Waals surface area contributed by atoms with Gasteiger partial charge in [-0.15, -0.1) is 0 Å². The van der Waals surface area contributed by atoms with Crippen LogP contribution in [0.3, 0.4) is 0 Å². The lowest BCUT2D eigenvalue weighted by Gasteiger charge is -2.22. The minimum Gasteiger partial charge on any atom is -0.343 e. The lowest BCUT2D eigenvalue weighted by Crippen LogP contribution is -2.30. The van der Waals surface area contributed by atoms with Crippen molar-refractivity contribution in [3.8, 4) is 6.07 Å². The Bertz CT molecular complexity index is 767. The highest BCUT2D eigenvalue weighted by atomic mass is 35.5. The summed E-state index contributed by atoms with van der Waals surface area (Å²) in [7, 11) is 0. The zero-order valence-electron chi connectivity index (χ0n) is 12.6. The average Bonchev–Trinajstić information content (AvgIpc) is 3.02. The molecule has 0 radical (unpaired) electrons. The second-order valence-electron chi connectivity index (χ2n) is 5.57. The Morgan fingerprint density at radius 3 is 2.96 bits per heavy atom. The largest absolute Gasteiger partial charge is 0.343 e. The molecule has 1 aromatic carbocycles. The first-order chi connectivity index (χ1) is 11.2. The van der Waals surface area contributed by atoms with Gasteiger partial charge in [0.1, 0.15) is 17.5 Å². The van der Waals surface area contributed by atoms with Crippen molar-refractivity contribution in [3.05, 3.63) is 65.1 Å². The maximum absolute atomic E-state index is 9.39. The summed E-state index contributed by atoms with van der Waals surface area (Å²) in [5, 5.41) is 16.3. The van der Waals surface area contributed by atoms with Crippen molar-refractivity contribution in [2.75, 3.05) is 5.32 Å². The number of aliphatic imine (C=N–C) groups is 1. The topological polar surface area (TPSA) is 60.2 Å². The van der Waals surface area contributed by atoms with Crippen LogP contribution < -0.4 is 10.6 Å². The van der Waals surface area contributed by atoms with E-state index < -0.39 is 0 Å². The van der Waals surface area contributed by atoms with Crippen molar-refractivity contribution in [2.24, 2.45) is 10.9 Å². The van der Waals surface area contributed by atoms with Gasteiger partial charge in [0, 0.05) is 6.42 Å². The SMILES string of the molecule is C=C1NC(CC2C=CCC2)=NC(Nc2ccccc2Cl)=C1C#N. The minimum absolute atomic E-state index is 0.399. The summed E-state index contributed by atoms with van der Waals surface area (Å²) in [6.45, 7) is 3.94. The predicted molar refractivity (Wildman–Crippen MR) is 93.9 cm³/mol. The lowest BCUT2D eigenvalue weighted by molar-refractivity contribution is 0.651. The zero-order valence-corrected chi connectivity index (χ0v) is 13.4. The standard InChI is InChI=1S/C18H17ClN4/c1-12-14(11-20)18(22-16-9-5-4-8-15(16)19)23-17(21-12)10-13-6-2-3-7-13/h2,4-6,8-9,13,22H,1,3,7,10H2,(H,21,23). The maximum Gasteiger partial charge on any atom is 0.152 e. The lowest BCUT2D eigenvalue weighted by atomic mass is 10.0. The molecule has 4 nitrogen and oxygen atoms in total. The van der Waals surface area contributed by atoms with E-state index in [1.807, 2.05) is 18.2 Å². The number of allylic oxidation sites excluding steroid dienone is 3. The molecule has 1 aromatic rings. The van der Waals surface area contributed by atoms with E-state index in [0.717, 1.165) is 30.8 Å². The van der Waals surface area contributed by atoms with Gasteiger partial charge in [-0.3, -0.25) is 0 Å². The Kier molecular flexibility index (Phi) is 4.50. The molecule has 1 atom stereocenters. The molecule has 0 aromatic heterocycles. The van der Waals surface area contributed by atoms with Crippen molar-refractivity contribution in [3.63, 3.8) is 0 Å². The molecule has 0 fully saturated rings. The van der Waals surface area contributed by atoms with E-state index in [4.69, 9.17) is 11.6 Å². The van der Waals surface area contributed by atoms with E-state index in [1.54, 1.807) is 6.07 Å². The molecular formula is C18H17ClN4. The maximum atomic E-state index is 9.39. The summed E-state index contributed by atoms with van der Waals surface area (Å²) in [5.74, 6) is 1.79. The van der Waals surface area contributed by atoms with Gasteiger partial charge in [0.2, 0.25) is 0 Å². The van der Waals surface area contributed by atoms with Crippen LogP contribution in [0, 0.1) is 17.2 Å². The number of amidine groups is 1. The Labute approximate surface area is 140 Å². The summed E-state index contributed by atoms with van der Waals surface area (Å²) < 4.78 is 0. The molecule has 2 aliphatic rings. The first-order valence-corrected chi connectivity index (χ1v) is 7.91. The fraction of sp³-hybridized carbons (Fsp3) is 0.222. The molecule has 1 heterocycles. The number of anilines is 1. The molecule has 2 N–H and O–H groups in total. The quantitative estimate of drug-likeness (QED) is 0.809. The number of nitrogens with zero attached hydrogens (tertiary/aromatic N) is 2. The van der Waals surface area contributed by atoms with Crippen molar-refractivity contribution in [1.82, 2.24) is 5.32 Å². The van der Waals surface area contributed by atoms with Crippen LogP contribution in [0.5, 0.6) is 0 Å². The van der Waals surface area contributed by atoms with Crippen LogP contribution >= 0.6 is 11.6 Å². The molecule has 0 spiro atoms. The molecule has 1 aliphatic carbocycles. The molecule has 23 heavy (non-hydrogen) atoms. The number of nitrogens with one attached hydrogen (secondary N) is 2. The number of rotatable bonds is 4. The fourth-order valence-electron chi connectivity index (χ4n) is 2.71. The highest BCUT2D eigenvalue weighted by Gasteiger charge is 2.21. The molecule has 3 rings (SSSR count). The third kappa shape index (κ3) is 3.46. The molecule has 1 unspecified atom stereocenters. The number of para-hydroxylation sites is 1. The predicted octanol–water partition coefficient (Wildman–Crippen LogP) is 4.36. The monoisotopic (exact) mass is 324 g/mol. The number of nitriles is 1. The summed E-state index contributed by atoms with van der Waals surface area (Å²) in [4.78, 5) is 4.58. The summed E-state index contributed by atoms with van der Waals surface area (Å²) in [6, 6.07) is 9.53. The molecule has 0 amide bonds. The van der Waals surface area contributed by atoms with E-state index >= 15 is 0 Å². The molecule has 5 heteroatoms. The number of hydrogen-bond acceptors (Lipinski definition) is 4. The third-order valence-electron chi connectivity index (χ3n) is 3.89. The van der Waals surface area contributed by atoms with Crippen molar-refractivity contribution < 1.29 is 0 Å². The van der Waals surface area contributed by atoms with Gasteiger partial charge in [-0.2, -0.15) is 5.26 Å². The van der Waals surface area contributed by atoms with Gasteiger partial charge < -0.3 is 10.6 Å². The van der Waals surface area contributed by atoms with Gasteiger partial charge in [0.05, 0.1) is 16.4 Å². The Hall–Kier alpha value is -2.51. The first-order valence-electron chi connectivity index (χ1n) is 7.54. The summed E-state index contributed by atoms with van der Waals surface area (Å²) in [5.41, 5.74) is 1.68. The summed E-state index contributed by atoms with van der Waals surface area (Å²) >= 11 is 6.18. The molecule has 0 saturated heterocycles.